The van der Waals surface area contributed by atoms with E-state index in [2.05, 4.69) is 11.7 Å². The van der Waals surface area contributed by atoms with Crippen molar-refractivity contribution < 1.29 is 18.8 Å². The van der Waals surface area contributed by atoms with Gasteiger partial charge in [-0.25, -0.2) is 4.79 Å². The quantitative estimate of drug-likeness (QED) is 0.339. The first-order chi connectivity index (χ1) is 8.07. The summed E-state index contributed by atoms with van der Waals surface area (Å²) >= 11 is 5.32. The Morgan fingerprint density at radius 3 is 2.88 bits per heavy atom. The lowest BCUT2D eigenvalue weighted by Crippen LogP contribution is -2.09. The summed E-state index contributed by atoms with van der Waals surface area (Å²) in [6, 6.07) is 0. The Kier molecular flexibility index (Phi) is 4.90. The van der Waals surface area contributed by atoms with Crippen LogP contribution >= 0.6 is 11.6 Å². The molecule has 0 N–H and O–H groups in total. The fraction of sp³-hybridized carbons (Fsp3) is 0.364. The standard InChI is InChI=1S/C11H12ClNO4/c1-3-4-5-6-16-11(15)9-8(10(12)14)7(2)13-17-9/h3H,1,4-6H2,2H3. The number of ether oxygens (including phenoxy) is 1. The zero-order chi connectivity index (χ0) is 12.8. The highest BCUT2D eigenvalue weighted by atomic mass is 35.5. The van der Waals surface area contributed by atoms with E-state index >= 15 is 0 Å². The van der Waals surface area contributed by atoms with E-state index in [1.165, 1.54) is 6.92 Å². The molecule has 0 saturated heterocycles. The number of esters is 1. The van der Waals surface area contributed by atoms with Crippen LogP contribution in [0.1, 0.15) is 39.4 Å². The van der Waals surface area contributed by atoms with Gasteiger partial charge in [-0.05, 0) is 31.4 Å². The number of allylic oxidation sites excluding steroid dienone is 1. The van der Waals surface area contributed by atoms with Crippen LogP contribution in [-0.2, 0) is 4.74 Å². The number of carbonyl (C=O) groups is 2. The van der Waals surface area contributed by atoms with Crippen molar-refractivity contribution in [1.29, 1.82) is 0 Å². The van der Waals surface area contributed by atoms with Gasteiger partial charge in [-0.3, -0.25) is 4.79 Å². The molecule has 1 rings (SSSR count). The summed E-state index contributed by atoms with van der Waals surface area (Å²) in [4.78, 5) is 22.6. The second kappa shape index (κ2) is 6.20. The maximum absolute atomic E-state index is 11.6. The molecule has 0 aliphatic rings. The summed E-state index contributed by atoms with van der Waals surface area (Å²) in [5.74, 6) is -0.986. The molecule has 6 heteroatoms. The number of halogens is 1. The van der Waals surface area contributed by atoms with Gasteiger partial charge in [0.05, 0.1) is 12.3 Å². The highest BCUT2D eigenvalue weighted by Crippen LogP contribution is 2.17. The first-order valence-electron chi connectivity index (χ1n) is 5.02. The summed E-state index contributed by atoms with van der Waals surface area (Å²) < 4.78 is 9.63. The lowest BCUT2D eigenvalue weighted by molar-refractivity contribution is 0.0452. The molecular weight excluding hydrogens is 246 g/mol. The van der Waals surface area contributed by atoms with E-state index < -0.39 is 11.2 Å². The van der Waals surface area contributed by atoms with Gasteiger partial charge in [0.25, 0.3) is 11.0 Å². The van der Waals surface area contributed by atoms with Crippen molar-refractivity contribution >= 4 is 22.8 Å². The number of unbranched alkanes of at least 4 members (excludes halogenated alkanes) is 1. The molecule has 0 spiro atoms. The van der Waals surface area contributed by atoms with Crippen molar-refractivity contribution in [2.75, 3.05) is 6.61 Å². The van der Waals surface area contributed by atoms with E-state index in [-0.39, 0.29) is 23.6 Å². The van der Waals surface area contributed by atoms with Gasteiger partial charge in [-0.2, -0.15) is 0 Å². The highest BCUT2D eigenvalue weighted by Gasteiger charge is 2.25. The fourth-order valence-electron chi connectivity index (χ4n) is 1.20. The Morgan fingerprint density at radius 1 is 1.59 bits per heavy atom. The number of carbonyl (C=O) groups excluding carboxylic acids is 2. The molecule has 0 saturated carbocycles. The Bertz CT molecular complexity index is 439. The largest absolute Gasteiger partial charge is 0.460 e. The molecule has 0 radical (unpaired) electrons. The van der Waals surface area contributed by atoms with Crippen molar-refractivity contribution in [2.24, 2.45) is 0 Å². The summed E-state index contributed by atoms with van der Waals surface area (Å²) in [6.07, 6.45) is 3.12. The highest BCUT2D eigenvalue weighted by molar-refractivity contribution is 6.68. The van der Waals surface area contributed by atoms with Gasteiger partial charge in [-0.15, -0.1) is 6.58 Å². The molecule has 5 nitrogen and oxygen atoms in total. The van der Waals surface area contributed by atoms with Crippen molar-refractivity contribution in [3.63, 3.8) is 0 Å². The molecule has 17 heavy (non-hydrogen) atoms. The predicted octanol–water partition coefficient (Wildman–Crippen LogP) is 2.49. The molecule has 0 unspecified atom stereocenters. The molecule has 92 valence electrons. The van der Waals surface area contributed by atoms with Crippen LogP contribution in [0.2, 0.25) is 0 Å². The molecule has 0 aliphatic carbocycles. The van der Waals surface area contributed by atoms with E-state index in [0.29, 0.717) is 6.42 Å². The smallest absolute Gasteiger partial charge is 0.377 e. The van der Waals surface area contributed by atoms with Gasteiger partial charge >= 0.3 is 5.97 Å². The van der Waals surface area contributed by atoms with Crippen LogP contribution < -0.4 is 0 Å². The topological polar surface area (TPSA) is 69.4 Å². The van der Waals surface area contributed by atoms with Gasteiger partial charge in [0.1, 0.15) is 5.56 Å². The van der Waals surface area contributed by atoms with Gasteiger partial charge in [-0.1, -0.05) is 11.2 Å². The molecule has 0 amide bonds. The second-order valence-electron chi connectivity index (χ2n) is 3.31. The zero-order valence-corrected chi connectivity index (χ0v) is 10.1. The number of aromatic nitrogens is 1. The van der Waals surface area contributed by atoms with Crippen LogP contribution in [0.3, 0.4) is 0 Å². The molecule has 0 bridgehead atoms. The maximum Gasteiger partial charge on any atom is 0.377 e. The normalized spacial score (nSPS) is 10.0. The third kappa shape index (κ3) is 3.42. The number of rotatable bonds is 6. The van der Waals surface area contributed by atoms with E-state index in [4.69, 9.17) is 20.9 Å². The Labute approximate surface area is 103 Å². The van der Waals surface area contributed by atoms with Crippen LogP contribution in [0.4, 0.5) is 0 Å². The lowest BCUT2D eigenvalue weighted by Gasteiger charge is -2.01. The number of aryl methyl sites for hydroxylation is 1. The first-order valence-corrected chi connectivity index (χ1v) is 5.39. The van der Waals surface area contributed by atoms with Crippen LogP contribution in [0.5, 0.6) is 0 Å². The Balaban J connectivity index is 2.69. The average molecular weight is 258 g/mol. The summed E-state index contributed by atoms with van der Waals surface area (Å²) in [6.45, 7) is 5.29. The average Bonchev–Trinajstić information content (AvgIpc) is 2.66. The van der Waals surface area contributed by atoms with Crippen molar-refractivity contribution in [3.8, 4) is 0 Å². The Hall–Kier alpha value is -1.62. The molecule has 0 aliphatic heterocycles. The first kappa shape index (κ1) is 13.4. The number of hydrogen-bond acceptors (Lipinski definition) is 5. The van der Waals surface area contributed by atoms with E-state index in [1.807, 2.05) is 0 Å². The minimum Gasteiger partial charge on any atom is -0.460 e. The van der Waals surface area contributed by atoms with Crippen LogP contribution in [0.15, 0.2) is 17.2 Å². The minimum atomic E-state index is -0.790. The van der Waals surface area contributed by atoms with Gasteiger partial charge in [0, 0.05) is 0 Å². The summed E-state index contributed by atoms with van der Waals surface area (Å²) in [5.41, 5.74) is 0.225. The summed E-state index contributed by atoms with van der Waals surface area (Å²) in [5, 5.41) is 2.72. The van der Waals surface area contributed by atoms with Gasteiger partial charge in [0.2, 0.25) is 0 Å². The van der Waals surface area contributed by atoms with Gasteiger partial charge < -0.3 is 9.26 Å². The fourth-order valence-corrected chi connectivity index (χ4v) is 1.42. The van der Waals surface area contributed by atoms with Gasteiger partial charge in [0.15, 0.2) is 0 Å². The molecule has 0 fully saturated rings. The van der Waals surface area contributed by atoms with E-state index in [9.17, 15) is 9.59 Å². The van der Waals surface area contributed by atoms with E-state index in [1.54, 1.807) is 6.08 Å². The monoisotopic (exact) mass is 257 g/mol. The SMILES string of the molecule is C=CCCCOC(=O)c1onc(C)c1C(=O)Cl. The Morgan fingerprint density at radius 2 is 2.29 bits per heavy atom. The van der Waals surface area contributed by atoms with Crippen molar-refractivity contribution in [1.82, 2.24) is 5.16 Å². The molecular formula is C11H12ClNO4. The van der Waals surface area contributed by atoms with Crippen molar-refractivity contribution in [3.05, 3.63) is 29.7 Å². The number of nitrogens with zero attached hydrogens (tertiary/aromatic N) is 1. The maximum atomic E-state index is 11.6. The molecule has 1 heterocycles. The van der Waals surface area contributed by atoms with E-state index in [0.717, 1.165) is 6.42 Å². The zero-order valence-electron chi connectivity index (χ0n) is 9.36. The predicted molar refractivity (Wildman–Crippen MR) is 61.1 cm³/mol. The van der Waals surface area contributed by atoms with Crippen LogP contribution in [0, 0.1) is 6.92 Å². The molecule has 0 aromatic carbocycles. The van der Waals surface area contributed by atoms with Crippen LogP contribution in [0.25, 0.3) is 0 Å². The van der Waals surface area contributed by atoms with Crippen molar-refractivity contribution in [2.45, 2.75) is 19.8 Å². The lowest BCUT2D eigenvalue weighted by atomic mass is 10.2. The number of hydrogen-bond donors (Lipinski definition) is 0. The second-order valence-corrected chi connectivity index (χ2v) is 3.66. The molecule has 0 atom stereocenters. The third-order valence-electron chi connectivity index (χ3n) is 2.03. The summed E-state index contributed by atoms with van der Waals surface area (Å²) in [7, 11) is 0. The molecule has 1 aromatic heterocycles. The molecule has 1 aromatic rings. The third-order valence-corrected chi connectivity index (χ3v) is 2.22. The minimum absolute atomic E-state index is 0.0413. The van der Waals surface area contributed by atoms with Crippen LogP contribution in [-0.4, -0.2) is 23.0 Å².